The number of fused-ring (bicyclic) bond motifs is 1. The van der Waals surface area contributed by atoms with Crippen LogP contribution in [0.4, 0.5) is 5.82 Å². The maximum Gasteiger partial charge on any atom is 0.257 e. The van der Waals surface area contributed by atoms with E-state index >= 15 is 0 Å². The van der Waals surface area contributed by atoms with Crippen LogP contribution < -0.4 is 5.32 Å². The van der Waals surface area contributed by atoms with Gasteiger partial charge in [0.05, 0.1) is 5.75 Å². The van der Waals surface area contributed by atoms with Crippen LogP contribution in [0.3, 0.4) is 0 Å². The minimum absolute atomic E-state index is 0.159. The van der Waals surface area contributed by atoms with Crippen molar-refractivity contribution in [1.29, 1.82) is 0 Å². The lowest BCUT2D eigenvalue weighted by Gasteiger charge is -1.98. The molecule has 6 nitrogen and oxygen atoms in total. The Hall–Kier alpha value is -1.99. The molecule has 2 heterocycles. The van der Waals surface area contributed by atoms with Crippen molar-refractivity contribution in [3.8, 4) is 0 Å². The molecule has 0 saturated carbocycles. The van der Waals surface area contributed by atoms with E-state index in [4.69, 9.17) is 20.5 Å². The highest BCUT2D eigenvalue weighted by Crippen LogP contribution is 2.25. The third-order valence-electron chi connectivity index (χ3n) is 2.55. The first-order valence-electron chi connectivity index (χ1n) is 6.02. The summed E-state index contributed by atoms with van der Waals surface area (Å²) >= 11 is 7.07. The number of benzene rings is 1. The van der Waals surface area contributed by atoms with Gasteiger partial charge in [-0.2, -0.15) is 0 Å². The zero-order valence-corrected chi connectivity index (χ0v) is 12.5. The van der Waals surface area contributed by atoms with Crippen LogP contribution in [0, 0.1) is 6.92 Å². The second kappa shape index (κ2) is 5.79. The van der Waals surface area contributed by atoms with Crippen LogP contribution in [-0.2, 0) is 4.79 Å². The van der Waals surface area contributed by atoms with Gasteiger partial charge in [0, 0.05) is 17.2 Å². The van der Waals surface area contributed by atoms with Crippen molar-refractivity contribution in [3.63, 3.8) is 0 Å². The molecule has 1 amide bonds. The Morgan fingerprint density at radius 1 is 1.43 bits per heavy atom. The summed E-state index contributed by atoms with van der Waals surface area (Å²) in [6.45, 7) is 1.75. The molecule has 2 aromatic heterocycles. The lowest BCUT2D eigenvalue weighted by molar-refractivity contribution is -0.113. The Bertz CT molecular complexity index is 799. The van der Waals surface area contributed by atoms with Crippen LogP contribution in [-0.4, -0.2) is 21.8 Å². The Labute approximate surface area is 128 Å². The first-order chi connectivity index (χ1) is 10.1. The number of halogens is 1. The summed E-state index contributed by atoms with van der Waals surface area (Å²) in [5.74, 6) is 0.969. The number of carbonyl (C=O) groups is 1. The number of oxazole rings is 1. The van der Waals surface area contributed by atoms with E-state index in [0.717, 1.165) is 0 Å². The first kappa shape index (κ1) is 14.0. The average Bonchev–Trinajstić information content (AvgIpc) is 3.02. The van der Waals surface area contributed by atoms with E-state index in [-0.39, 0.29) is 11.7 Å². The number of anilines is 1. The number of nitrogens with one attached hydrogen (secondary N) is 1. The fraction of sp³-hybridized carbons (Fsp3) is 0.154. The molecule has 0 atom stereocenters. The van der Waals surface area contributed by atoms with Gasteiger partial charge in [0.1, 0.15) is 11.3 Å². The lowest BCUT2D eigenvalue weighted by Crippen LogP contribution is -2.14. The van der Waals surface area contributed by atoms with Crippen molar-refractivity contribution in [2.75, 3.05) is 11.1 Å². The number of aromatic nitrogens is 2. The minimum atomic E-state index is -0.214. The van der Waals surface area contributed by atoms with Gasteiger partial charge in [-0.3, -0.25) is 4.79 Å². The van der Waals surface area contributed by atoms with E-state index in [1.807, 2.05) is 0 Å². The number of nitrogens with zero attached hydrogens (tertiary/aromatic N) is 2. The minimum Gasteiger partial charge on any atom is -0.431 e. The largest absolute Gasteiger partial charge is 0.431 e. The second-order valence-corrected chi connectivity index (χ2v) is 5.61. The lowest BCUT2D eigenvalue weighted by atomic mass is 10.3. The number of carbonyl (C=O) groups excluding carboxylic acids is 1. The Kier molecular flexibility index (Phi) is 3.85. The SMILES string of the molecule is Cc1cc(NC(=O)CSc2nc3ccc(Cl)cc3o2)no1. The van der Waals surface area contributed by atoms with Crippen molar-refractivity contribution in [2.24, 2.45) is 0 Å². The van der Waals surface area contributed by atoms with E-state index < -0.39 is 0 Å². The number of hydrogen-bond acceptors (Lipinski definition) is 6. The van der Waals surface area contributed by atoms with Crippen molar-refractivity contribution >= 4 is 46.2 Å². The highest BCUT2D eigenvalue weighted by molar-refractivity contribution is 7.99. The van der Waals surface area contributed by atoms with Gasteiger partial charge in [0.2, 0.25) is 5.91 Å². The van der Waals surface area contributed by atoms with Crippen molar-refractivity contribution < 1.29 is 13.7 Å². The van der Waals surface area contributed by atoms with Crippen LogP contribution in [0.15, 0.2) is 38.4 Å². The molecule has 0 radical (unpaired) electrons. The van der Waals surface area contributed by atoms with Gasteiger partial charge in [-0.05, 0) is 19.1 Å². The van der Waals surface area contributed by atoms with Crippen molar-refractivity contribution in [1.82, 2.24) is 10.1 Å². The molecule has 1 N–H and O–H groups in total. The summed E-state index contributed by atoms with van der Waals surface area (Å²) in [6.07, 6.45) is 0. The van der Waals surface area contributed by atoms with E-state index in [9.17, 15) is 4.79 Å². The van der Waals surface area contributed by atoms with Crippen LogP contribution in [0.5, 0.6) is 0 Å². The van der Waals surface area contributed by atoms with E-state index in [2.05, 4.69) is 15.5 Å². The molecular formula is C13H10ClN3O3S. The maximum atomic E-state index is 11.8. The normalized spacial score (nSPS) is 11.0. The number of thioether (sulfide) groups is 1. The van der Waals surface area contributed by atoms with Gasteiger partial charge in [-0.25, -0.2) is 4.98 Å². The summed E-state index contributed by atoms with van der Waals surface area (Å²) < 4.78 is 10.4. The van der Waals surface area contributed by atoms with Crippen molar-refractivity contribution in [3.05, 3.63) is 35.0 Å². The van der Waals surface area contributed by atoms with Crippen LogP contribution in [0.25, 0.3) is 11.1 Å². The predicted octanol–water partition coefficient (Wildman–Crippen LogP) is 3.51. The second-order valence-electron chi connectivity index (χ2n) is 4.25. The van der Waals surface area contributed by atoms with Crippen molar-refractivity contribution in [2.45, 2.75) is 12.1 Å². The molecule has 0 bridgehead atoms. The molecule has 0 aliphatic rings. The van der Waals surface area contributed by atoms with E-state index in [1.54, 1.807) is 31.2 Å². The Morgan fingerprint density at radius 3 is 3.05 bits per heavy atom. The number of amides is 1. The molecule has 0 spiro atoms. The maximum absolute atomic E-state index is 11.8. The fourth-order valence-electron chi connectivity index (χ4n) is 1.67. The zero-order chi connectivity index (χ0) is 14.8. The van der Waals surface area contributed by atoms with Crippen LogP contribution >= 0.6 is 23.4 Å². The third kappa shape index (κ3) is 3.37. The van der Waals surface area contributed by atoms with Crippen LogP contribution in [0.1, 0.15) is 5.76 Å². The number of aryl methyl sites for hydroxylation is 1. The molecular weight excluding hydrogens is 314 g/mol. The van der Waals surface area contributed by atoms with E-state index in [1.165, 1.54) is 11.8 Å². The molecule has 0 aliphatic heterocycles. The summed E-state index contributed by atoms with van der Waals surface area (Å²) in [7, 11) is 0. The molecule has 3 aromatic rings. The molecule has 8 heteroatoms. The number of hydrogen-bond donors (Lipinski definition) is 1. The van der Waals surface area contributed by atoms with Gasteiger partial charge < -0.3 is 14.3 Å². The molecule has 1 aromatic carbocycles. The summed E-state index contributed by atoms with van der Waals surface area (Å²) in [5.41, 5.74) is 1.30. The standard InChI is InChI=1S/C13H10ClN3O3S/c1-7-4-11(17-20-7)16-12(18)6-21-13-15-9-3-2-8(14)5-10(9)19-13/h2-5H,6H2,1H3,(H,16,17,18). The molecule has 3 rings (SSSR count). The molecule has 0 fully saturated rings. The van der Waals surface area contributed by atoms with Gasteiger partial charge >= 0.3 is 0 Å². The Morgan fingerprint density at radius 2 is 2.29 bits per heavy atom. The summed E-state index contributed by atoms with van der Waals surface area (Å²) in [6, 6.07) is 6.83. The third-order valence-corrected chi connectivity index (χ3v) is 3.62. The highest BCUT2D eigenvalue weighted by atomic mass is 35.5. The van der Waals surface area contributed by atoms with E-state index in [0.29, 0.717) is 32.9 Å². The fourth-order valence-corrected chi connectivity index (χ4v) is 2.47. The predicted molar refractivity (Wildman–Crippen MR) is 79.6 cm³/mol. The van der Waals surface area contributed by atoms with Gasteiger partial charge in [0.15, 0.2) is 11.4 Å². The van der Waals surface area contributed by atoms with Crippen LogP contribution in [0.2, 0.25) is 5.02 Å². The molecule has 21 heavy (non-hydrogen) atoms. The summed E-state index contributed by atoms with van der Waals surface area (Å²) in [4.78, 5) is 16.0. The monoisotopic (exact) mass is 323 g/mol. The quantitative estimate of drug-likeness (QED) is 0.740. The van der Waals surface area contributed by atoms with Gasteiger partial charge in [-0.15, -0.1) is 0 Å². The van der Waals surface area contributed by atoms with Gasteiger partial charge in [0.25, 0.3) is 5.22 Å². The molecule has 0 saturated heterocycles. The topological polar surface area (TPSA) is 81.2 Å². The molecule has 0 aliphatic carbocycles. The highest BCUT2D eigenvalue weighted by Gasteiger charge is 2.11. The first-order valence-corrected chi connectivity index (χ1v) is 7.38. The average molecular weight is 324 g/mol. The number of rotatable bonds is 4. The van der Waals surface area contributed by atoms with Gasteiger partial charge in [-0.1, -0.05) is 28.5 Å². The molecule has 0 unspecified atom stereocenters. The smallest absolute Gasteiger partial charge is 0.257 e. The Balaban J connectivity index is 1.61. The summed E-state index contributed by atoms with van der Waals surface area (Å²) in [5, 5.41) is 7.30. The zero-order valence-electron chi connectivity index (χ0n) is 10.9. The molecule has 108 valence electrons.